The molecule has 0 spiro atoms. The summed E-state index contributed by atoms with van der Waals surface area (Å²) in [4.78, 5) is 21.6. The Balaban J connectivity index is 2.46. The lowest BCUT2D eigenvalue weighted by Gasteiger charge is -2.33. The third-order valence-corrected chi connectivity index (χ3v) is 5.44. The van der Waals surface area contributed by atoms with E-state index in [0.717, 1.165) is 42.7 Å². The van der Waals surface area contributed by atoms with Gasteiger partial charge in [-0.05, 0) is 32.4 Å². The van der Waals surface area contributed by atoms with Crippen LogP contribution in [0, 0.1) is 0 Å². The van der Waals surface area contributed by atoms with Gasteiger partial charge in [-0.15, -0.1) is 0 Å². The van der Waals surface area contributed by atoms with Gasteiger partial charge in [-0.3, -0.25) is 4.79 Å². The number of amides is 1. The number of hydrogen-bond acceptors (Lipinski definition) is 3. The second kappa shape index (κ2) is 10.4. The van der Waals surface area contributed by atoms with Gasteiger partial charge in [0.2, 0.25) is 5.91 Å². The first-order valence-electron chi connectivity index (χ1n) is 10.1. The van der Waals surface area contributed by atoms with E-state index in [4.69, 9.17) is 17.2 Å². The molecule has 2 aromatic rings. The maximum absolute atomic E-state index is 12.6. The van der Waals surface area contributed by atoms with E-state index in [9.17, 15) is 4.79 Å². The van der Waals surface area contributed by atoms with Crippen molar-refractivity contribution < 1.29 is 4.79 Å². The first kappa shape index (κ1) is 21.4. The molecule has 1 aromatic carbocycles. The SMILES string of the molecule is CCCCCCC(CC(=O)NCC)(C(=S)NCC)c1nc2ccccc2[nH]1. The number of benzene rings is 1. The van der Waals surface area contributed by atoms with Gasteiger partial charge in [-0.25, -0.2) is 4.98 Å². The summed E-state index contributed by atoms with van der Waals surface area (Å²) < 4.78 is 0. The van der Waals surface area contributed by atoms with Crippen LogP contribution >= 0.6 is 12.2 Å². The minimum Gasteiger partial charge on any atom is -0.379 e. The normalized spacial score (nSPS) is 13.3. The number of imidazole rings is 1. The minimum atomic E-state index is -0.614. The summed E-state index contributed by atoms with van der Waals surface area (Å²) in [7, 11) is 0. The van der Waals surface area contributed by atoms with Crippen molar-refractivity contribution in [3.8, 4) is 0 Å². The molecule has 0 saturated carbocycles. The van der Waals surface area contributed by atoms with Crippen LogP contribution < -0.4 is 10.6 Å². The highest BCUT2D eigenvalue weighted by Gasteiger charge is 2.41. The number of carbonyl (C=O) groups excluding carboxylic acids is 1. The van der Waals surface area contributed by atoms with Gasteiger partial charge in [0.15, 0.2) is 0 Å². The van der Waals surface area contributed by atoms with Gasteiger partial charge < -0.3 is 15.6 Å². The summed E-state index contributed by atoms with van der Waals surface area (Å²) in [5, 5.41) is 6.24. The van der Waals surface area contributed by atoms with E-state index in [2.05, 4.69) is 22.5 Å². The van der Waals surface area contributed by atoms with Gasteiger partial charge in [0.25, 0.3) is 0 Å². The molecule has 2 rings (SSSR count). The van der Waals surface area contributed by atoms with Crippen molar-refractivity contribution in [2.75, 3.05) is 13.1 Å². The first-order chi connectivity index (χ1) is 13.1. The number of H-pyrrole nitrogens is 1. The molecule has 27 heavy (non-hydrogen) atoms. The van der Waals surface area contributed by atoms with E-state index in [1.54, 1.807) is 0 Å². The van der Waals surface area contributed by atoms with Crippen LogP contribution in [0.1, 0.15) is 65.1 Å². The lowest BCUT2D eigenvalue weighted by Crippen LogP contribution is -2.47. The summed E-state index contributed by atoms with van der Waals surface area (Å²) in [5.41, 5.74) is 1.26. The largest absolute Gasteiger partial charge is 0.379 e. The van der Waals surface area contributed by atoms with E-state index < -0.39 is 5.41 Å². The van der Waals surface area contributed by atoms with Crippen molar-refractivity contribution in [1.29, 1.82) is 0 Å². The van der Waals surface area contributed by atoms with E-state index in [1.165, 1.54) is 12.8 Å². The minimum absolute atomic E-state index is 0.00806. The zero-order valence-corrected chi connectivity index (χ0v) is 17.5. The van der Waals surface area contributed by atoms with Gasteiger partial charge in [0.1, 0.15) is 5.82 Å². The van der Waals surface area contributed by atoms with Gasteiger partial charge in [0.05, 0.1) is 21.4 Å². The van der Waals surface area contributed by atoms with Gasteiger partial charge in [0, 0.05) is 19.5 Å². The number of hydrogen-bond donors (Lipinski definition) is 3. The van der Waals surface area contributed by atoms with Crippen LogP contribution in [0.2, 0.25) is 0 Å². The number of aromatic nitrogens is 2. The molecule has 3 N–H and O–H groups in total. The molecule has 1 aromatic heterocycles. The van der Waals surface area contributed by atoms with Crippen LogP contribution in [0.15, 0.2) is 24.3 Å². The Bertz CT molecular complexity index is 724. The molecule has 0 fully saturated rings. The number of nitrogens with zero attached hydrogens (tertiary/aromatic N) is 1. The molecular weight excluding hydrogens is 356 g/mol. The standard InChI is InChI=1S/C21H32N4OS/c1-4-7-8-11-14-21(20(27)23-6-3,15-18(26)22-5-2)19-24-16-12-9-10-13-17(16)25-19/h9-10,12-13H,4-8,11,14-15H2,1-3H3,(H,22,26)(H,23,27)(H,24,25). The molecule has 0 aliphatic heterocycles. The molecule has 148 valence electrons. The monoisotopic (exact) mass is 388 g/mol. The van der Waals surface area contributed by atoms with Crippen LogP contribution in [0.3, 0.4) is 0 Å². The molecule has 0 aliphatic rings. The fourth-order valence-electron chi connectivity index (χ4n) is 3.49. The van der Waals surface area contributed by atoms with E-state index in [0.29, 0.717) is 18.0 Å². The quantitative estimate of drug-likeness (QED) is 0.398. The highest BCUT2D eigenvalue weighted by Crippen LogP contribution is 2.35. The van der Waals surface area contributed by atoms with Crippen molar-refractivity contribution in [3.05, 3.63) is 30.1 Å². The number of rotatable bonds is 11. The van der Waals surface area contributed by atoms with Gasteiger partial charge in [-0.2, -0.15) is 0 Å². The molecule has 1 heterocycles. The van der Waals surface area contributed by atoms with E-state index >= 15 is 0 Å². The number of nitrogens with one attached hydrogen (secondary N) is 3. The number of carbonyl (C=O) groups is 1. The summed E-state index contributed by atoms with van der Waals surface area (Å²) >= 11 is 5.80. The molecule has 1 unspecified atom stereocenters. The summed E-state index contributed by atoms with van der Waals surface area (Å²) in [6.07, 6.45) is 5.60. The van der Waals surface area contributed by atoms with Crippen molar-refractivity contribution in [2.24, 2.45) is 0 Å². The van der Waals surface area contributed by atoms with Crippen LogP contribution in [0.4, 0.5) is 0 Å². The zero-order chi connectivity index (χ0) is 19.7. The average Bonchev–Trinajstić information content (AvgIpc) is 3.09. The predicted molar refractivity (Wildman–Crippen MR) is 116 cm³/mol. The molecule has 0 aliphatic carbocycles. The Kier molecular flexibility index (Phi) is 8.23. The Morgan fingerprint density at radius 2 is 1.85 bits per heavy atom. The number of para-hydroxylation sites is 2. The number of thiocarbonyl (C=S) groups is 1. The maximum Gasteiger partial charge on any atom is 0.221 e. The maximum atomic E-state index is 12.6. The number of aromatic amines is 1. The molecule has 1 amide bonds. The fourth-order valence-corrected chi connectivity index (χ4v) is 3.90. The van der Waals surface area contributed by atoms with Crippen LogP contribution in [0.5, 0.6) is 0 Å². The van der Waals surface area contributed by atoms with Crippen molar-refractivity contribution in [3.63, 3.8) is 0 Å². The number of likely N-dealkylation sites (N-methyl/N-ethyl adjacent to an activating group) is 1. The Hall–Kier alpha value is -1.95. The number of unbranched alkanes of at least 4 members (excludes halogenated alkanes) is 3. The van der Waals surface area contributed by atoms with Crippen LogP contribution in [0.25, 0.3) is 11.0 Å². The summed E-state index contributed by atoms with van der Waals surface area (Å²) in [6, 6.07) is 7.96. The van der Waals surface area contributed by atoms with Crippen molar-refractivity contribution >= 4 is 34.1 Å². The Labute approximate surface area is 167 Å². The van der Waals surface area contributed by atoms with Crippen molar-refractivity contribution in [2.45, 2.75) is 64.7 Å². The second-order valence-electron chi connectivity index (χ2n) is 6.99. The van der Waals surface area contributed by atoms with Gasteiger partial charge >= 0.3 is 0 Å². The third-order valence-electron chi connectivity index (χ3n) is 4.91. The lowest BCUT2D eigenvalue weighted by molar-refractivity contribution is -0.121. The molecule has 6 heteroatoms. The predicted octanol–water partition coefficient (Wildman–Crippen LogP) is 4.23. The third kappa shape index (κ3) is 5.28. The Morgan fingerprint density at radius 3 is 2.52 bits per heavy atom. The van der Waals surface area contributed by atoms with Crippen LogP contribution in [-0.2, 0) is 10.2 Å². The highest BCUT2D eigenvalue weighted by atomic mass is 32.1. The fraction of sp³-hybridized carbons (Fsp3) is 0.571. The smallest absolute Gasteiger partial charge is 0.221 e. The molecule has 1 atom stereocenters. The van der Waals surface area contributed by atoms with Crippen molar-refractivity contribution in [1.82, 2.24) is 20.6 Å². The van der Waals surface area contributed by atoms with E-state index in [1.807, 2.05) is 38.1 Å². The summed E-state index contributed by atoms with van der Waals surface area (Å²) in [6.45, 7) is 7.50. The topological polar surface area (TPSA) is 69.8 Å². The second-order valence-corrected chi connectivity index (χ2v) is 7.39. The lowest BCUT2D eigenvalue weighted by atomic mass is 9.77. The average molecular weight is 389 g/mol. The van der Waals surface area contributed by atoms with E-state index in [-0.39, 0.29) is 5.91 Å². The molecule has 0 bridgehead atoms. The molecule has 0 saturated heterocycles. The Morgan fingerprint density at radius 1 is 1.11 bits per heavy atom. The molecule has 5 nitrogen and oxygen atoms in total. The molecule has 0 radical (unpaired) electrons. The molecular formula is C21H32N4OS. The highest BCUT2D eigenvalue weighted by molar-refractivity contribution is 7.80. The first-order valence-corrected chi connectivity index (χ1v) is 10.5. The summed E-state index contributed by atoms with van der Waals surface area (Å²) in [5.74, 6) is 0.797. The van der Waals surface area contributed by atoms with Gasteiger partial charge in [-0.1, -0.05) is 57.0 Å². The zero-order valence-electron chi connectivity index (χ0n) is 16.7. The number of fused-ring (bicyclic) bond motifs is 1. The van der Waals surface area contributed by atoms with Crippen LogP contribution in [-0.4, -0.2) is 34.0 Å².